The summed E-state index contributed by atoms with van der Waals surface area (Å²) in [5.74, 6) is 6.60. The molecule has 0 aromatic heterocycles. The van der Waals surface area contributed by atoms with Crippen molar-refractivity contribution in [3.05, 3.63) is 28.8 Å². The Morgan fingerprint density at radius 3 is 2.63 bits per heavy atom. The first-order valence-electron chi connectivity index (χ1n) is 6.83. The highest BCUT2D eigenvalue weighted by molar-refractivity contribution is 5.45. The molecule has 0 bridgehead atoms. The van der Waals surface area contributed by atoms with E-state index in [0.717, 1.165) is 37.4 Å². The molecule has 0 radical (unpaired) electrons. The molecule has 3 N–H and O–H groups in total. The Morgan fingerprint density at radius 2 is 2.05 bits per heavy atom. The molecule has 0 fully saturated rings. The molecule has 4 heteroatoms. The lowest BCUT2D eigenvalue weighted by Crippen LogP contribution is -2.29. The van der Waals surface area contributed by atoms with Crippen molar-refractivity contribution < 1.29 is 9.47 Å². The van der Waals surface area contributed by atoms with Crippen LogP contribution in [0, 0.1) is 13.8 Å². The van der Waals surface area contributed by atoms with Gasteiger partial charge in [-0.15, -0.1) is 0 Å². The van der Waals surface area contributed by atoms with Gasteiger partial charge in [-0.1, -0.05) is 6.07 Å². The summed E-state index contributed by atoms with van der Waals surface area (Å²) in [6.45, 7) is 7.69. The molecule has 0 saturated heterocycles. The summed E-state index contributed by atoms with van der Waals surface area (Å²) in [6, 6.07) is 4.30. The molecular weight excluding hydrogens is 240 g/mol. The maximum atomic E-state index is 5.70. The molecule has 0 saturated carbocycles. The van der Waals surface area contributed by atoms with Gasteiger partial charge in [0, 0.05) is 24.8 Å². The maximum Gasteiger partial charge on any atom is 0.124 e. The van der Waals surface area contributed by atoms with Gasteiger partial charge < -0.3 is 9.47 Å². The molecule has 1 atom stereocenters. The van der Waals surface area contributed by atoms with Gasteiger partial charge >= 0.3 is 0 Å². The number of methoxy groups -OCH3 is 1. The number of nitrogens with two attached hydrogens (primary N) is 1. The number of benzene rings is 1. The number of nitrogens with one attached hydrogen (secondary N) is 1. The third-order valence-electron chi connectivity index (χ3n) is 3.25. The third-order valence-corrected chi connectivity index (χ3v) is 3.25. The normalized spacial score (nSPS) is 12.5. The van der Waals surface area contributed by atoms with Gasteiger partial charge in [-0.05, 0) is 50.8 Å². The molecule has 0 aliphatic carbocycles. The predicted molar refractivity (Wildman–Crippen MR) is 78.3 cm³/mol. The van der Waals surface area contributed by atoms with Crippen LogP contribution in [0.3, 0.4) is 0 Å². The summed E-state index contributed by atoms with van der Waals surface area (Å²) in [5.41, 5.74) is 6.44. The Kier molecular flexibility index (Phi) is 6.84. The highest BCUT2D eigenvalue weighted by Crippen LogP contribution is 2.32. The average molecular weight is 266 g/mol. The first kappa shape index (κ1) is 16.0. The molecule has 4 nitrogen and oxygen atoms in total. The van der Waals surface area contributed by atoms with Crippen LogP contribution in [0.2, 0.25) is 0 Å². The molecule has 1 aromatic rings. The van der Waals surface area contributed by atoms with E-state index in [1.807, 2.05) is 6.92 Å². The molecule has 0 amide bonds. The number of ether oxygens (including phenoxy) is 2. The number of hydrogen-bond donors (Lipinski definition) is 2. The van der Waals surface area contributed by atoms with Crippen molar-refractivity contribution in [1.29, 1.82) is 0 Å². The van der Waals surface area contributed by atoms with Crippen LogP contribution in [0.1, 0.15) is 42.5 Å². The van der Waals surface area contributed by atoms with E-state index in [-0.39, 0.29) is 6.04 Å². The van der Waals surface area contributed by atoms with Crippen molar-refractivity contribution in [2.75, 3.05) is 20.3 Å². The molecular formula is C15H26N2O2. The second-order valence-electron chi connectivity index (χ2n) is 4.76. The zero-order valence-corrected chi connectivity index (χ0v) is 12.5. The summed E-state index contributed by atoms with van der Waals surface area (Å²) < 4.78 is 10.9. The van der Waals surface area contributed by atoms with Crippen LogP contribution in [-0.4, -0.2) is 20.3 Å². The van der Waals surface area contributed by atoms with Crippen LogP contribution in [0.4, 0.5) is 0 Å². The fourth-order valence-electron chi connectivity index (χ4n) is 2.40. The number of hydrazine groups is 1. The van der Waals surface area contributed by atoms with E-state index in [0.29, 0.717) is 0 Å². The zero-order valence-electron chi connectivity index (χ0n) is 12.5. The zero-order chi connectivity index (χ0) is 14.3. The van der Waals surface area contributed by atoms with E-state index in [9.17, 15) is 0 Å². The molecule has 1 aromatic carbocycles. The highest BCUT2D eigenvalue weighted by atomic mass is 16.5. The minimum atomic E-state index is 0.0935. The molecule has 0 aliphatic heterocycles. The Morgan fingerprint density at radius 1 is 1.32 bits per heavy atom. The predicted octanol–water partition coefficient (Wildman–Crippen LogP) is 2.63. The quantitative estimate of drug-likeness (QED) is 0.431. The minimum absolute atomic E-state index is 0.0935. The molecule has 1 rings (SSSR count). The molecule has 108 valence electrons. The van der Waals surface area contributed by atoms with Gasteiger partial charge in [0.05, 0.1) is 7.11 Å². The van der Waals surface area contributed by atoms with E-state index in [2.05, 4.69) is 31.4 Å². The van der Waals surface area contributed by atoms with E-state index in [4.69, 9.17) is 15.3 Å². The third kappa shape index (κ3) is 4.49. The Balaban J connectivity index is 2.85. The topological polar surface area (TPSA) is 56.5 Å². The summed E-state index contributed by atoms with van der Waals surface area (Å²) in [6.07, 6.45) is 1.90. The Bertz CT molecular complexity index is 394. The lowest BCUT2D eigenvalue weighted by atomic mass is 9.95. The van der Waals surface area contributed by atoms with E-state index in [1.54, 1.807) is 7.11 Å². The SMILES string of the molecule is CCOCCCC(NN)c1c(C)cc(C)cc1OC. The van der Waals surface area contributed by atoms with Crippen molar-refractivity contribution in [2.24, 2.45) is 5.84 Å². The van der Waals surface area contributed by atoms with Crippen molar-refractivity contribution >= 4 is 0 Å². The van der Waals surface area contributed by atoms with Gasteiger partial charge in [0.2, 0.25) is 0 Å². The van der Waals surface area contributed by atoms with Crippen LogP contribution in [-0.2, 0) is 4.74 Å². The standard InChI is InChI=1S/C15H26N2O2/c1-5-19-8-6-7-13(17-16)15-12(3)9-11(2)10-14(15)18-4/h9-10,13,17H,5-8,16H2,1-4H3. The average Bonchev–Trinajstić information content (AvgIpc) is 2.39. The monoisotopic (exact) mass is 266 g/mol. The van der Waals surface area contributed by atoms with E-state index in [1.165, 1.54) is 11.1 Å². The minimum Gasteiger partial charge on any atom is -0.496 e. The Hall–Kier alpha value is -1.10. The molecule has 0 spiro atoms. The van der Waals surface area contributed by atoms with Crippen molar-refractivity contribution in [3.8, 4) is 5.75 Å². The van der Waals surface area contributed by atoms with Crippen LogP contribution >= 0.6 is 0 Å². The van der Waals surface area contributed by atoms with Gasteiger partial charge in [-0.2, -0.15) is 0 Å². The molecule has 19 heavy (non-hydrogen) atoms. The van der Waals surface area contributed by atoms with Gasteiger partial charge in [-0.25, -0.2) is 0 Å². The highest BCUT2D eigenvalue weighted by Gasteiger charge is 2.17. The molecule has 0 aliphatic rings. The van der Waals surface area contributed by atoms with E-state index < -0.39 is 0 Å². The fraction of sp³-hybridized carbons (Fsp3) is 0.600. The molecule has 1 unspecified atom stereocenters. The first-order chi connectivity index (χ1) is 9.13. The van der Waals surface area contributed by atoms with Gasteiger partial charge in [0.25, 0.3) is 0 Å². The summed E-state index contributed by atoms with van der Waals surface area (Å²) >= 11 is 0. The van der Waals surface area contributed by atoms with E-state index >= 15 is 0 Å². The van der Waals surface area contributed by atoms with Crippen molar-refractivity contribution in [3.63, 3.8) is 0 Å². The first-order valence-corrected chi connectivity index (χ1v) is 6.83. The maximum absolute atomic E-state index is 5.70. The number of hydrogen-bond acceptors (Lipinski definition) is 4. The lowest BCUT2D eigenvalue weighted by molar-refractivity contribution is 0.140. The molecule has 0 heterocycles. The number of rotatable bonds is 8. The van der Waals surface area contributed by atoms with Crippen LogP contribution in [0.25, 0.3) is 0 Å². The van der Waals surface area contributed by atoms with Crippen LogP contribution < -0.4 is 16.0 Å². The van der Waals surface area contributed by atoms with Crippen LogP contribution in [0.5, 0.6) is 5.75 Å². The smallest absolute Gasteiger partial charge is 0.124 e. The van der Waals surface area contributed by atoms with Crippen LogP contribution in [0.15, 0.2) is 12.1 Å². The van der Waals surface area contributed by atoms with Gasteiger partial charge in [0.1, 0.15) is 5.75 Å². The largest absolute Gasteiger partial charge is 0.496 e. The second kappa shape index (κ2) is 8.15. The number of aryl methyl sites for hydroxylation is 2. The summed E-state index contributed by atoms with van der Waals surface area (Å²) in [5, 5.41) is 0. The van der Waals surface area contributed by atoms with Crippen molar-refractivity contribution in [2.45, 2.75) is 39.7 Å². The summed E-state index contributed by atoms with van der Waals surface area (Å²) in [7, 11) is 1.70. The second-order valence-corrected chi connectivity index (χ2v) is 4.76. The fourth-order valence-corrected chi connectivity index (χ4v) is 2.40. The van der Waals surface area contributed by atoms with Gasteiger partial charge in [-0.3, -0.25) is 11.3 Å². The lowest BCUT2D eigenvalue weighted by Gasteiger charge is -2.22. The summed E-state index contributed by atoms with van der Waals surface area (Å²) in [4.78, 5) is 0. The van der Waals surface area contributed by atoms with Crippen molar-refractivity contribution in [1.82, 2.24) is 5.43 Å². The van der Waals surface area contributed by atoms with Gasteiger partial charge in [0.15, 0.2) is 0 Å². The Labute approximate surface area is 116 Å².